The quantitative estimate of drug-likeness (QED) is 0.722. The van der Waals surface area contributed by atoms with Crippen LogP contribution in [0.4, 0.5) is 4.79 Å². The van der Waals surface area contributed by atoms with Gasteiger partial charge in [0.05, 0.1) is 12.3 Å². The molecule has 0 fully saturated rings. The molecule has 1 heterocycles. The standard InChI is InChI=1S/C16H29N3O3/c1-16(2,3)22-15(20)18-10-7-9-17-12-13(19(4)5)14-8-6-11-21-14/h6,8,11,13,17H,7,9-10,12H2,1-5H3,(H,18,20). The predicted octanol–water partition coefficient (Wildman–Crippen LogP) is 2.39. The molecule has 6 nitrogen and oxygen atoms in total. The molecule has 1 aromatic rings. The van der Waals surface area contributed by atoms with Crippen molar-refractivity contribution in [1.29, 1.82) is 0 Å². The largest absolute Gasteiger partial charge is 0.468 e. The van der Waals surface area contributed by atoms with E-state index in [0.29, 0.717) is 6.54 Å². The van der Waals surface area contributed by atoms with Gasteiger partial charge < -0.3 is 19.8 Å². The van der Waals surface area contributed by atoms with Crippen LogP contribution in [0, 0.1) is 0 Å². The van der Waals surface area contributed by atoms with Crippen LogP contribution in [0.3, 0.4) is 0 Å². The summed E-state index contributed by atoms with van der Waals surface area (Å²) in [4.78, 5) is 13.6. The minimum absolute atomic E-state index is 0.203. The van der Waals surface area contributed by atoms with Crippen molar-refractivity contribution >= 4 is 6.09 Å². The van der Waals surface area contributed by atoms with Crippen LogP contribution in [0.1, 0.15) is 39.0 Å². The molecule has 1 rings (SSSR count). The van der Waals surface area contributed by atoms with E-state index in [-0.39, 0.29) is 12.1 Å². The van der Waals surface area contributed by atoms with Crippen LogP contribution in [0.2, 0.25) is 0 Å². The first kappa shape index (κ1) is 18.5. The first-order valence-electron chi connectivity index (χ1n) is 7.67. The lowest BCUT2D eigenvalue weighted by atomic mass is 10.2. The Balaban J connectivity index is 2.16. The van der Waals surface area contributed by atoms with Crippen LogP contribution in [-0.4, -0.2) is 50.3 Å². The molecular weight excluding hydrogens is 282 g/mol. The Labute approximate surface area is 133 Å². The molecule has 22 heavy (non-hydrogen) atoms. The topological polar surface area (TPSA) is 66.7 Å². The highest BCUT2D eigenvalue weighted by Gasteiger charge is 2.16. The van der Waals surface area contributed by atoms with Gasteiger partial charge in [-0.2, -0.15) is 0 Å². The van der Waals surface area contributed by atoms with Gasteiger partial charge in [0.15, 0.2) is 0 Å². The molecule has 0 aromatic carbocycles. The van der Waals surface area contributed by atoms with Crippen molar-refractivity contribution in [3.8, 4) is 0 Å². The van der Waals surface area contributed by atoms with E-state index in [4.69, 9.17) is 9.15 Å². The number of nitrogens with zero attached hydrogens (tertiary/aromatic N) is 1. The van der Waals surface area contributed by atoms with Crippen LogP contribution in [0.15, 0.2) is 22.8 Å². The first-order chi connectivity index (χ1) is 10.3. The van der Waals surface area contributed by atoms with E-state index < -0.39 is 5.60 Å². The second-order valence-corrected chi connectivity index (χ2v) is 6.48. The molecule has 126 valence electrons. The highest BCUT2D eigenvalue weighted by molar-refractivity contribution is 5.67. The van der Waals surface area contributed by atoms with E-state index >= 15 is 0 Å². The van der Waals surface area contributed by atoms with Gasteiger partial charge in [0.2, 0.25) is 0 Å². The van der Waals surface area contributed by atoms with E-state index in [2.05, 4.69) is 15.5 Å². The van der Waals surface area contributed by atoms with Gasteiger partial charge in [-0.1, -0.05) is 0 Å². The van der Waals surface area contributed by atoms with Crippen molar-refractivity contribution < 1.29 is 13.9 Å². The normalized spacial score (nSPS) is 13.2. The summed E-state index contributed by atoms with van der Waals surface area (Å²) < 4.78 is 10.6. The molecule has 1 atom stereocenters. The number of alkyl carbamates (subject to hydrolysis) is 1. The highest BCUT2D eigenvalue weighted by atomic mass is 16.6. The molecule has 0 aliphatic heterocycles. The van der Waals surface area contributed by atoms with Crippen molar-refractivity contribution in [3.63, 3.8) is 0 Å². The summed E-state index contributed by atoms with van der Waals surface area (Å²) in [7, 11) is 4.05. The summed E-state index contributed by atoms with van der Waals surface area (Å²) >= 11 is 0. The predicted molar refractivity (Wildman–Crippen MR) is 86.9 cm³/mol. The summed E-state index contributed by atoms with van der Waals surface area (Å²) in [5.41, 5.74) is -0.454. The maximum absolute atomic E-state index is 11.5. The van der Waals surface area contributed by atoms with Gasteiger partial charge in [-0.15, -0.1) is 0 Å². The van der Waals surface area contributed by atoms with E-state index in [1.165, 1.54) is 0 Å². The van der Waals surface area contributed by atoms with E-state index in [1.807, 2.05) is 47.0 Å². The average molecular weight is 311 g/mol. The number of hydrogen-bond acceptors (Lipinski definition) is 5. The van der Waals surface area contributed by atoms with Crippen molar-refractivity contribution in [2.75, 3.05) is 33.7 Å². The van der Waals surface area contributed by atoms with Gasteiger partial charge in [-0.25, -0.2) is 4.79 Å². The second-order valence-electron chi connectivity index (χ2n) is 6.48. The lowest BCUT2D eigenvalue weighted by Crippen LogP contribution is -2.35. The van der Waals surface area contributed by atoms with Gasteiger partial charge in [0.25, 0.3) is 0 Å². The fourth-order valence-electron chi connectivity index (χ4n) is 1.98. The van der Waals surface area contributed by atoms with Crippen molar-refractivity contribution in [2.24, 2.45) is 0 Å². The minimum Gasteiger partial charge on any atom is -0.468 e. The number of carbonyl (C=O) groups excluding carboxylic acids is 1. The van der Waals surface area contributed by atoms with E-state index in [9.17, 15) is 4.79 Å². The Morgan fingerprint density at radius 3 is 2.64 bits per heavy atom. The molecule has 1 unspecified atom stereocenters. The van der Waals surface area contributed by atoms with Gasteiger partial charge in [-0.3, -0.25) is 4.90 Å². The third-order valence-corrected chi connectivity index (χ3v) is 3.03. The number of ether oxygens (including phenoxy) is 1. The molecule has 0 aliphatic rings. The lowest BCUT2D eigenvalue weighted by Gasteiger charge is -2.22. The highest BCUT2D eigenvalue weighted by Crippen LogP contribution is 2.17. The Morgan fingerprint density at radius 2 is 2.09 bits per heavy atom. The molecule has 0 spiro atoms. The average Bonchev–Trinajstić information content (AvgIpc) is 2.88. The maximum Gasteiger partial charge on any atom is 0.407 e. The van der Waals surface area contributed by atoms with Crippen molar-refractivity contribution in [1.82, 2.24) is 15.5 Å². The van der Waals surface area contributed by atoms with Crippen molar-refractivity contribution in [2.45, 2.75) is 38.8 Å². The molecule has 0 saturated heterocycles. The van der Waals surface area contributed by atoms with Crippen LogP contribution in [-0.2, 0) is 4.74 Å². The summed E-state index contributed by atoms with van der Waals surface area (Å²) in [6.45, 7) is 7.77. The minimum atomic E-state index is -0.454. The zero-order valence-corrected chi connectivity index (χ0v) is 14.3. The number of hydrogen-bond donors (Lipinski definition) is 2. The maximum atomic E-state index is 11.5. The third kappa shape index (κ3) is 7.47. The van der Waals surface area contributed by atoms with Gasteiger partial charge in [0, 0.05) is 13.1 Å². The summed E-state index contributed by atoms with van der Waals surface area (Å²) in [5.74, 6) is 0.948. The lowest BCUT2D eigenvalue weighted by molar-refractivity contribution is 0.0527. The van der Waals surface area contributed by atoms with Crippen LogP contribution in [0.25, 0.3) is 0 Å². The Hall–Kier alpha value is -1.53. The molecule has 2 N–H and O–H groups in total. The molecule has 0 aliphatic carbocycles. The summed E-state index contributed by atoms with van der Waals surface area (Å²) in [5, 5.41) is 6.13. The van der Waals surface area contributed by atoms with E-state index in [1.54, 1.807) is 6.26 Å². The molecular formula is C16H29N3O3. The van der Waals surface area contributed by atoms with Crippen LogP contribution in [0.5, 0.6) is 0 Å². The SMILES string of the molecule is CN(C)C(CNCCCNC(=O)OC(C)(C)C)c1ccco1. The summed E-state index contributed by atoms with van der Waals surface area (Å²) in [6, 6.07) is 4.08. The fourth-order valence-corrected chi connectivity index (χ4v) is 1.98. The summed E-state index contributed by atoms with van der Waals surface area (Å²) in [6.07, 6.45) is 2.17. The Bertz CT molecular complexity index is 424. The monoisotopic (exact) mass is 311 g/mol. The Kier molecular flexibility index (Phi) is 7.41. The van der Waals surface area contributed by atoms with Crippen LogP contribution < -0.4 is 10.6 Å². The molecule has 0 saturated carbocycles. The van der Waals surface area contributed by atoms with Gasteiger partial charge in [0.1, 0.15) is 11.4 Å². The van der Waals surface area contributed by atoms with E-state index in [0.717, 1.165) is 25.3 Å². The molecule has 1 amide bonds. The second kappa shape index (κ2) is 8.80. The number of rotatable bonds is 8. The van der Waals surface area contributed by atoms with Gasteiger partial charge in [-0.05, 0) is 60.0 Å². The smallest absolute Gasteiger partial charge is 0.407 e. The number of furan rings is 1. The number of carbonyl (C=O) groups is 1. The van der Waals surface area contributed by atoms with Crippen LogP contribution >= 0.6 is 0 Å². The van der Waals surface area contributed by atoms with Gasteiger partial charge >= 0.3 is 6.09 Å². The zero-order chi connectivity index (χ0) is 16.6. The fraction of sp³-hybridized carbons (Fsp3) is 0.688. The molecule has 0 radical (unpaired) electrons. The third-order valence-electron chi connectivity index (χ3n) is 3.03. The molecule has 1 aromatic heterocycles. The first-order valence-corrected chi connectivity index (χ1v) is 7.67. The number of likely N-dealkylation sites (N-methyl/N-ethyl adjacent to an activating group) is 1. The number of amides is 1. The molecule has 6 heteroatoms. The van der Waals surface area contributed by atoms with Crippen molar-refractivity contribution in [3.05, 3.63) is 24.2 Å². The number of nitrogens with one attached hydrogen (secondary N) is 2. The molecule has 0 bridgehead atoms. The Morgan fingerprint density at radius 1 is 1.36 bits per heavy atom. The zero-order valence-electron chi connectivity index (χ0n) is 14.3.